The number of carbonyl (C=O) groups excluding carboxylic acids is 2. The Morgan fingerprint density at radius 1 is 1.46 bits per heavy atom. The first-order chi connectivity index (χ1) is 12.7. The van der Waals surface area contributed by atoms with Gasteiger partial charge in [0.25, 0.3) is 0 Å². The van der Waals surface area contributed by atoms with Gasteiger partial charge in [0.05, 0.1) is 5.92 Å². The van der Waals surface area contributed by atoms with Crippen LogP contribution in [0, 0.1) is 5.92 Å². The van der Waals surface area contributed by atoms with Crippen molar-refractivity contribution in [1.82, 2.24) is 20.4 Å². The van der Waals surface area contributed by atoms with Crippen molar-refractivity contribution in [1.29, 1.82) is 0 Å². The predicted octanol–water partition coefficient (Wildman–Crippen LogP) is 1.04. The molecule has 0 saturated carbocycles. The summed E-state index contributed by atoms with van der Waals surface area (Å²) in [6.07, 6.45) is 2.32. The molecule has 1 aliphatic heterocycles. The molecule has 9 heteroatoms. The third-order valence-electron chi connectivity index (χ3n) is 4.39. The average molecular weight is 377 g/mol. The monoisotopic (exact) mass is 377 g/mol. The maximum absolute atomic E-state index is 12.5. The Balaban J connectivity index is 1.49. The number of piperidine rings is 1. The maximum atomic E-state index is 12.5. The molecule has 2 aromatic heterocycles. The van der Waals surface area contributed by atoms with Gasteiger partial charge in [0.15, 0.2) is 0 Å². The van der Waals surface area contributed by atoms with E-state index in [4.69, 9.17) is 10.3 Å². The van der Waals surface area contributed by atoms with Crippen LogP contribution in [-0.4, -0.2) is 53.0 Å². The fraction of sp³-hybridized carbons (Fsp3) is 0.529. The highest BCUT2D eigenvalue weighted by Gasteiger charge is 2.28. The number of aromatic nitrogens is 2. The van der Waals surface area contributed by atoms with E-state index in [0.717, 1.165) is 18.4 Å². The van der Waals surface area contributed by atoms with Gasteiger partial charge in [-0.15, -0.1) is 0 Å². The standard InChI is InChI=1S/C17H23N5O3S/c18-6-7-19-17(24)12-2-1-8-22(10-12)15(23)4-3-14-20-16(21-25-14)13-5-9-26-11-13/h5,9,11-12H,1-4,6-8,10,18H2,(H,19,24). The second-order valence-electron chi connectivity index (χ2n) is 6.28. The van der Waals surface area contributed by atoms with Crippen LogP contribution in [0.15, 0.2) is 21.3 Å². The Morgan fingerprint density at radius 2 is 2.35 bits per heavy atom. The highest BCUT2D eigenvalue weighted by Crippen LogP contribution is 2.20. The molecule has 1 saturated heterocycles. The molecule has 3 rings (SSSR count). The number of nitrogens with two attached hydrogens (primary N) is 1. The first-order valence-electron chi connectivity index (χ1n) is 8.78. The number of likely N-dealkylation sites (tertiary alicyclic amines) is 1. The summed E-state index contributed by atoms with van der Waals surface area (Å²) in [6, 6.07) is 1.92. The Morgan fingerprint density at radius 3 is 3.12 bits per heavy atom. The number of carbonyl (C=O) groups is 2. The summed E-state index contributed by atoms with van der Waals surface area (Å²) in [5, 5.41) is 10.6. The van der Waals surface area contributed by atoms with Gasteiger partial charge in [0.2, 0.25) is 23.5 Å². The Hall–Kier alpha value is -2.26. The molecule has 3 heterocycles. The minimum atomic E-state index is -0.159. The highest BCUT2D eigenvalue weighted by atomic mass is 32.1. The molecule has 1 aliphatic rings. The molecule has 0 aromatic carbocycles. The smallest absolute Gasteiger partial charge is 0.227 e. The molecule has 0 bridgehead atoms. The van der Waals surface area contributed by atoms with Gasteiger partial charge in [-0.3, -0.25) is 9.59 Å². The number of amides is 2. The van der Waals surface area contributed by atoms with Gasteiger partial charge < -0.3 is 20.5 Å². The first kappa shape index (κ1) is 18.5. The second kappa shape index (κ2) is 8.91. The lowest BCUT2D eigenvalue weighted by molar-refractivity contribution is -0.135. The topological polar surface area (TPSA) is 114 Å². The van der Waals surface area contributed by atoms with E-state index in [1.807, 2.05) is 16.8 Å². The molecule has 140 valence electrons. The summed E-state index contributed by atoms with van der Waals surface area (Å²) in [4.78, 5) is 30.6. The van der Waals surface area contributed by atoms with Crippen LogP contribution in [-0.2, 0) is 16.0 Å². The van der Waals surface area contributed by atoms with Gasteiger partial charge in [-0.1, -0.05) is 5.16 Å². The van der Waals surface area contributed by atoms with Crippen molar-refractivity contribution >= 4 is 23.2 Å². The quantitative estimate of drug-likeness (QED) is 0.745. The van der Waals surface area contributed by atoms with Crippen molar-refractivity contribution in [3.05, 3.63) is 22.7 Å². The normalized spacial score (nSPS) is 17.3. The van der Waals surface area contributed by atoms with Gasteiger partial charge in [-0.2, -0.15) is 16.3 Å². The third-order valence-corrected chi connectivity index (χ3v) is 5.07. The van der Waals surface area contributed by atoms with Crippen LogP contribution >= 0.6 is 11.3 Å². The molecule has 1 unspecified atom stereocenters. The van der Waals surface area contributed by atoms with E-state index >= 15 is 0 Å². The minimum absolute atomic E-state index is 0.0107. The summed E-state index contributed by atoms with van der Waals surface area (Å²) < 4.78 is 5.23. The van der Waals surface area contributed by atoms with E-state index in [0.29, 0.717) is 50.7 Å². The maximum Gasteiger partial charge on any atom is 0.227 e. The first-order valence-corrected chi connectivity index (χ1v) is 9.72. The van der Waals surface area contributed by atoms with Crippen LogP contribution in [0.25, 0.3) is 11.4 Å². The van der Waals surface area contributed by atoms with E-state index in [1.54, 1.807) is 16.2 Å². The summed E-state index contributed by atoms with van der Waals surface area (Å²) in [7, 11) is 0. The van der Waals surface area contributed by atoms with Crippen molar-refractivity contribution in [3.8, 4) is 11.4 Å². The molecule has 2 aromatic rings. The summed E-state index contributed by atoms with van der Waals surface area (Å²) in [5.41, 5.74) is 6.33. The molecule has 2 amide bonds. The van der Waals surface area contributed by atoms with Gasteiger partial charge in [-0.25, -0.2) is 0 Å². The van der Waals surface area contributed by atoms with E-state index in [2.05, 4.69) is 15.5 Å². The molecular formula is C17H23N5O3S. The fourth-order valence-corrected chi connectivity index (χ4v) is 3.63. The van der Waals surface area contributed by atoms with Crippen LogP contribution in [0.2, 0.25) is 0 Å². The Kier molecular flexibility index (Phi) is 6.35. The number of nitrogens with one attached hydrogen (secondary N) is 1. The number of thiophene rings is 1. The molecule has 8 nitrogen and oxygen atoms in total. The van der Waals surface area contributed by atoms with Crippen molar-refractivity contribution in [2.24, 2.45) is 11.7 Å². The number of rotatable bonds is 7. The van der Waals surface area contributed by atoms with Crippen molar-refractivity contribution in [3.63, 3.8) is 0 Å². The third kappa shape index (κ3) is 4.67. The summed E-state index contributed by atoms with van der Waals surface area (Å²) >= 11 is 1.57. The van der Waals surface area contributed by atoms with E-state index in [-0.39, 0.29) is 17.7 Å². The van der Waals surface area contributed by atoms with Crippen LogP contribution in [0.5, 0.6) is 0 Å². The zero-order chi connectivity index (χ0) is 18.4. The number of hydrogen-bond acceptors (Lipinski definition) is 7. The Labute approximate surface area is 155 Å². The van der Waals surface area contributed by atoms with Crippen LogP contribution in [0.3, 0.4) is 0 Å². The Bertz CT molecular complexity index is 731. The predicted molar refractivity (Wildman–Crippen MR) is 97.3 cm³/mol. The molecular weight excluding hydrogens is 354 g/mol. The van der Waals surface area contributed by atoms with Crippen molar-refractivity contribution in [2.45, 2.75) is 25.7 Å². The van der Waals surface area contributed by atoms with Gasteiger partial charge in [0, 0.05) is 50.0 Å². The lowest BCUT2D eigenvalue weighted by atomic mass is 9.96. The average Bonchev–Trinajstić information content (AvgIpc) is 3.35. The molecule has 0 aliphatic carbocycles. The molecule has 0 spiro atoms. The second-order valence-corrected chi connectivity index (χ2v) is 7.06. The largest absolute Gasteiger partial charge is 0.355 e. The lowest BCUT2D eigenvalue weighted by Gasteiger charge is -2.32. The van der Waals surface area contributed by atoms with Gasteiger partial charge in [0.1, 0.15) is 0 Å². The summed E-state index contributed by atoms with van der Waals surface area (Å²) in [5.74, 6) is 0.826. The molecule has 0 radical (unpaired) electrons. The van der Waals surface area contributed by atoms with Crippen molar-refractivity contribution in [2.75, 3.05) is 26.2 Å². The fourth-order valence-electron chi connectivity index (χ4n) is 2.99. The molecule has 3 N–H and O–H groups in total. The van der Waals surface area contributed by atoms with E-state index < -0.39 is 0 Å². The highest BCUT2D eigenvalue weighted by molar-refractivity contribution is 7.08. The van der Waals surface area contributed by atoms with Crippen LogP contribution in [0.1, 0.15) is 25.2 Å². The van der Waals surface area contributed by atoms with Gasteiger partial charge in [-0.05, 0) is 24.3 Å². The number of aryl methyl sites for hydroxylation is 1. The lowest BCUT2D eigenvalue weighted by Crippen LogP contribution is -2.46. The van der Waals surface area contributed by atoms with Crippen LogP contribution < -0.4 is 11.1 Å². The zero-order valence-corrected chi connectivity index (χ0v) is 15.3. The molecule has 1 atom stereocenters. The van der Waals surface area contributed by atoms with Crippen molar-refractivity contribution < 1.29 is 14.1 Å². The number of nitrogens with zero attached hydrogens (tertiary/aromatic N) is 3. The molecule has 26 heavy (non-hydrogen) atoms. The summed E-state index contributed by atoms with van der Waals surface area (Å²) in [6.45, 7) is 2.02. The SMILES string of the molecule is NCCNC(=O)C1CCCN(C(=O)CCc2nc(-c3ccsc3)no2)C1. The van der Waals surface area contributed by atoms with Crippen LogP contribution in [0.4, 0.5) is 0 Å². The van der Waals surface area contributed by atoms with Gasteiger partial charge >= 0.3 is 0 Å². The number of hydrogen-bond donors (Lipinski definition) is 2. The van der Waals surface area contributed by atoms with E-state index in [9.17, 15) is 9.59 Å². The minimum Gasteiger partial charge on any atom is -0.355 e. The molecule has 1 fully saturated rings. The van der Waals surface area contributed by atoms with E-state index in [1.165, 1.54) is 0 Å². The zero-order valence-electron chi connectivity index (χ0n) is 14.5.